The van der Waals surface area contributed by atoms with Gasteiger partial charge in [-0.25, -0.2) is 9.59 Å². The molecule has 26 heavy (non-hydrogen) atoms. The van der Waals surface area contributed by atoms with Crippen LogP contribution in [-0.2, 0) is 16.1 Å². The summed E-state index contributed by atoms with van der Waals surface area (Å²) in [5.41, 5.74) is 2.20. The molecular formula is C19H27N3O4. The van der Waals surface area contributed by atoms with Crippen LogP contribution in [-0.4, -0.2) is 50.3 Å². The molecule has 0 bridgehead atoms. The third-order valence-electron chi connectivity index (χ3n) is 4.19. The van der Waals surface area contributed by atoms with Crippen molar-refractivity contribution in [2.24, 2.45) is 0 Å². The molecule has 0 unspecified atom stereocenters. The molecule has 0 aromatic heterocycles. The van der Waals surface area contributed by atoms with E-state index >= 15 is 0 Å². The van der Waals surface area contributed by atoms with Gasteiger partial charge in [0.25, 0.3) is 0 Å². The number of hydrogen-bond acceptors (Lipinski definition) is 5. The first kappa shape index (κ1) is 19.8. The number of urea groups is 1. The largest absolute Gasteiger partial charge is 0.497 e. The maximum absolute atomic E-state index is 12.4. The van der Waals surface area contributed by atoms with Crippen LogP contribution < -0.4 is 15.4 Å². The number of esters is 1. The van der Waals surface area contributed by atoms with Crippen molar-refractivity contribution in [3.05, 3.63) is 41.1 Å². The van der Waals surface area contributed by atoms with Crippen LogP contribution in [0.2, 0.25) is 0 Å². The Balaban J connectivity index is 2.17. The van der Waals surface area contributed by atoms with E-state index in [-0.39, 0.29) is 18.0 Å². The zero-order valence-corrected chi connectivity index (χ0v) is 15.8. The van der Waals surface area contributed by atoms with Gasteiger partial charge in [0.15, 0.2) is 0 Å². The van der Waals surface area contributed by atoms with E-state index < -0.39 is 0 Å². The average Bonchev–Trinajstić information content (AvgIpc) is 2.61. The summed E-state index contributed by atoms with van der Waals surface area (Å²) in [6, 6.07) is 7.17. The first-order valence-corrected chi connectivity index (χ1v) is 8.77. The molecule has 1 aromatic carbocycles. The molecule has 0 fully saturated rings. The molecule has 0 saturated carbocycles. The van der Waals surface area contributed by atoms with E-state index in [1.807, 2.05) is 43.1 Å². The van der Waals surface area contributed by atoms with E-state index in [4.69, 9.17) is 9.47 Å². The number of ether oxygens (including phenoxy) is 2. The van der Waals surface area contributed by atoms with Crippen molar-refractivity contribution >= 4 is 12.0 Å². The number of rotatable bonds is 8. The number of carbonyl (C=O) groups is 2. The summed E-state index contributed by atoms with van der Waals surface area (Å²) >= 11 is 0. The molecule has 1 atom stereocenters. The molecule has 7 nitrogen and oxygen atoms in total. The molecule has 1 aromatic rings. The smallest absolute Gasteiger partial charge is 0.337 e. The molecule has 1 aliphatic heterocycles. The fourth-order valence-electron chi connectivity index (χ4n) is 2.95. The van der Waals surface area contributed by atoms with Gasteiger partial charge < -0.3 is 20.1 Å². The van der Waals surface area contributed by atoms with Gasteiger partial charge in [-0.1, -0.05) is 19.1 Å². The summed E-state index contributed by atoms with van der Waals surface area (Å²) in [6.45, 7) is 5.09. The maximum atomic E-state index is 12.4. The lowest BCUT2D eigenvalue weighted by Gasteiger charge is -2.30. The monoisotopic (exact) mass is 361 g/mol. The van der Waals surface area contributed by atoms with Crippen molar-refractivity contribution in [3.8, 4) is 5.75 Å². The average molecular weight is 361 g/mol. The molecule has 0 radical (unpaired) electrons. The van der Waals surface area contributed by atoms with Gasteiger partial charge >= 0.3 is 12.0 Å². The van der Waals surface area contributed by atoms with Crippen LogP contribution in [0.1, 0.15) is 25.8 Å². The Bertz CT molecular complexity index is 670. The third kappa shape index (κ3) is 4.98. The predicted molar refractivity (Wildman–Crippen MR) is 98.7 cm³/mol. The van der Waals surface area contributed by atoms with Crippen molar-refractivity contribution in [1.29, 1.82) is 0 Å². The van der Waals surface area contributed by atoms with Crippen LogP contribution in [0, 0.1) is 0 Å². The highest BCUT2D eigenvalue weighted by molar-refractivity contribution is 5.94. The Kier molecular flexibility index (Phi) is 7.03. The van der Waals surface area contributed by atoms with Crippen molar-refractivity contribution < 1.29 is 19.1 Å². The van der Waals surface area contributed by atoms with Gasteiger partial charge in [0, 0.05) is 18.8 Å². The summed E-state index contributed by atoms with van der Waals surface area (Å²) in [7, 11) is 3.57. The Hall–Kier alpha value is -2.54. The Morgan fingerprint density at radius 2 is 1.88 bits per heavy atom. The van der Waals surface area contributed by atoms with E-state index in [0.717, 1.165) is 11.3 Å². The molecule has 142 valence electrons. The number of carbonyl (C=O) groups excluding carboxylic acids is 2. The molecule has 2 rings (SSSR count). The number of nitrogens with zero attached hydrogens (tertiary/aromatic N) is 1. The maximum Gasteiger partial charge on any atom is 0.337 e. The second-order valence-electron chi connectivity index (χ2n) is 6.19. The van der Waals surface area contributed by atoms with Crippen LogP contribution in [0.3, 0.4) is 0 Å². The lowest BCUT2D eigenvalue weighted by atomic mass is 10.00. The van der Waals surface area contributed by atoms with Crippen LogP contribution in [0.25, 0.3) is 0 Å². The zero-order valence-electron chi connectivity index (χ0n) is 15.8. The molecule has 2 amide bonds. The van der Waals surface area contributed by atoms with Crippen LogP contribution in [0.15, 0.2) is 35.5 Å². The second-order valence-corrected chi connectivity index (χ2v) is 6.19. The molecule has 0 saturated heterocycles. The highest BCUT2D eigenvalue weighted by atomic mass is 16.5. The lowest BCUT2D eigenvalue weighted by Crippen LogP contribution is -2.51. The summed E-state index contributed by atoms with van der Waals surface area (Å²) < 4.78 is 10.4. The summed E-state index contributed by atoms with van der Waals surface area (Å²) in [4.78, 5) is 26.4. The number of hydrogen-bond donors (Lipinski definition) is 2. The van der Waals surface area contributed by atoms with E-state index in [2.05, 4.69) is 10.6 Å². The van der Waals surface area contributed by atoms with Crippen LogP contribution >= 0.6 is 0 Å². The van der Waals surface area contributed by atoms with Gasteiger partial charge in [-0.2, -0.15) is 0 Å². The van der Waals surface area contributed by atoms with Crippen molar-refractivity contribution in [2.75, 3.05) is 27.3 Å². The summed E-state index contributed by atoms with van der Waals surface area (Å²) in [5, 5.41) is 5.55. The minimum atomic E-state index is -0.389. The third-order valence-corrected chi connectivity index (χ3v) is 4.19. The van der Waals surface area contributed by atoms with Gasteiger partial charge in [-0.15, -0.1) is 0 Å². The molecule has 1 heterocycles. The Labute approximate surface area is 154 Å². The molecule has 0 spiro atoms. The lowest BCUT2D eigenvalue weighted by molar-refractivity contribution is -0.139. The minimum absolute atomic E-state index is 0.293. The van der Waals surface area contributed by atoms with Crippen molar-refractivity contribution in [3.63, 3.8) is 0 Å². The number of amides is 2. The molecule has 7 heteroatoms. The van der Waals surface area contributed by atoms with Crippen LogP contribution in [0.4, 0.5) is 4.79 Å². The minimum Gasteiger partial charge on any atom is -0.497 e. The van der Waals surface area contributed by atoms with Gasteiger partial charge in [0.1, 0.15) is 5.75 Å². The summed E-state index contributed by atoms with van der Waals surface area (Å²) in [5.74, 6) is 0.416. The molecular weight excluding hydrogens is 334 g/mol. The highest BCUT2D eigenvalue weighted by Gasteiger charge is 2.31. The number of methoxy groups -OCH3 is 1. The predicted octanol–water partition coefficient (Wildman–Crippen LogP) is 2.04. The van der Waals surface area contributed by atoms with Crippen molar-refractivity contribution in [2.45, 2.75) is 32.9 Å². The number of nitrogens with one attached hydrogen (secondary N) is 2. The molecule has 1 aliphatic rings. The first-order chi connectivity index (χ1) is 12.5. The quantitative estimate of drug-likeness (QED) is 0.693. The van der Waals surface area contributed by atoms with E-state index in [1.165, 1.54) is 0 Å². The van der Waals surface area contributed by atoms with Crippen LogP contribution in [0.5, 0.6) is 5.75 Å². The fraction of sp³-hybridized carbons (Fsp3) is 0.474. The van der Waals surface area contributed by atoms with E-state index in [9.17, 15) is 9.59 Å². The van der Waals surface area contributed by atoms with Gasteiger partial charge in [0.2, 0.25) is 0 Å². The molecule has 0 aliphatic carbocycles. The Morgan fingerprint density at radius 3 is 2.46 bits per heavy atom. The topological polar surface area (TPSA) is 79.9 Å². The fourth-order valence-corrected chi connectivity index (χ4v) is 2.95. The summed E-state index contributed by atoms with van der Waals surface area (Å²) in [6.07, 6.45) is 0.618. The first-order valence-electron chi connectivity index (χ1n) is 8.77. The van der Waals surface area contributed by atoms with Gasteiger partial charge in [-0.05, 0) is 38.1 Å². The SMILES string of the molecule is CCOC(=O)C1=C(CN(C)Cc2ccc(OC)cc2)NC(=O)N[C@@H]1CC. The Morgan fingerprint density at radius 1 is 1.19 bits per heavy atom. The standard InChI is InChI=1S/C19H27N3O4/c1-5-15-17(18(23)26-6-2)16(21-19(24)20-15)12-22(3)11-13-7-9-14(25-4)10-8-13/h7-10,15H,5-6,11-12H2,1-4H3,(H2,20,21,24)/t15-/m1/s1. The zero-order chi connectivity index (χ0) is 19.1. The van der Waals surface area contributed by atoms with Gasteiger partial charge in [-0.3, -0.25) is 4.90 Å². The second kappa shape index (κ2) is 9.24. The van der Waals surface area contributed by atoms with Crippen molar-refractivity contribution in [1.82, 2.24) is 15.5 Å². The normalized spacial score (nSPS) is 17.0. The number of benzene rings is 1. The number of likely N-dealkylation sites (N-methyl/N-ethyl adjacent to an activating group) is 1. The van der Waals surface area contributed by atoms with Gasteiger partial charge in [0.05, 0.1) is 25.3 Å². The van der Waals surface area contributed by atoms with E-state index in [0.29, 0.717) is 37.4 Å². The highest BCUT2D eigenvalue weighted by Crippen LogP contribution is 2.19. The molecule has 2 N–H and O–H groups in total. The van der Waals surface area contributed by atoms with E-state index in [1.54, 1.807) is 14.0 Å².